The summed E-state index contributed by atoms with van der Waals surface area (Å²) in [6.45, 7) is 0.867. The van der Waals surface area contributed by atoms with E-state index in [2.05, 4.69) is 15.9 Å². The molecule has 1 aromatic carbocycles. The first kappa shape index (κ1) is 14.9. The van der Waals surface area contributed by atoms with Crippen LogP contribution in [0.3, 0.4) is 0 Å². The Morgan fingerprint density at radius 3 is 2.68 bits per heavy atom. The third-order valence-corrected chi connectivity index (χ3v) is 5.61. The molecule has 1 fully saturated rings. The maximum atomic E-state index is 13.1. The van der Waals surface area contributed by atoms with Gasteiger partial charge in [-0.2, -0.15) is 4.31 Å². The second kappa shape index (κ2) is 5.85. The highest BCUT2D eigenvalue weighted by atomic mass is 79.9. The van der Waals surface area contributed by atoms with Crippen LogP contribution in [0.4, 0.5) is 8.78 Å². The zero-order chi connectivity index (χ0) is 14.0. The fraction of sp³-hybridized carbons (Fsp3) is 0.500. The van der Waals surface area contributed by atoms with Crippen LogP contribution in [0.5, 0.6) is 0 Å². The minimum atomic E-state index is -3.72. The van der Waals surface area contributed by atoms with E-state index < -0.39 is 21.7 Å². The molecule has 1 aliphatic rings. The van der Waals surface area contributed by atoms with Crippen molar-refractivity contribution in [1.82, 2.24) is 4.31 Å². The number of alkyl halides is 1. The van der Waals surface area contributed by atoms with E-state index in [4.69, 9.17) is 0 Å². The van der Waals surface area contributed by atoms with Crippen LogP contribution in [0.1, 0.15) is 12.8 Å². The quantitative estimate of drug-likeness (QED) is 0.780. The van der Waals surface area contributed by atoms with Gasteiger partial charge in [0.2, 0.25) is 10.0 Å². The first-order valence-corrected chi connectivity index (χ1v) is 8.52. The average Bonchev–Trinajstić information content (AvgIpc) is 2.82. The maximum absolute atomic E-state index is 13.1. The largest absolute Gasteiger partial charge is 0.243 e. The summed E-state index contributed by atoms with van der Waals surface area (Å²) in [5.41, 5.74) is 0. The van der Waals surface area contributed by atoms with Gasteiger partial charge in [0.1, 0.15) is 0 Å². The normalized spacial score (nSPS) is 20.9. The lowest BCUT2D eigenvalue weighted by molar-refractivity contribution is 0.452. The van der Waals surface area contributed by atoms with Gasteiger partial charge in [-0.05, 0) is 37.0 Å². The SMILES string of the molecule is O=S(=O)(c1ccc(F)c(F)c1)N1CCC(CCBr)C1. The number of sulfonamides is 1. The number of hydrogen-bond acceptors (Lipinski definition) is 2. The van der Waals surface area contributed by atoms with E-state index in [1.54, 1.807) is 0 Å². The molecule has 0 saturated carbocycles. The van der Waals surface area contributed by atoms with Crippen molar-refractivity contribution in [3.63, 3.8) is 0 Å². The third-order valence-electron chi connectivity index (χ3n) is 3.29. The molecule has 1 atom stereocenters. The van der Waals surface area contributed by atoms with E-state index in [0.717, 1.165) is 36.4 Å². The zero-order valence-electron chi connectivity index (χ0n) is 10.2. The standard InChI is InChI=1S/C12H14BrF2NO2S/c13-5-3-9-4-6-16(8-9)19(17,18)10-1-2-11(14)12(15)7-10/h1-2,7,9H,3-6,8H2. The van der Waals surface area contributed by atoms with Gasteiger partial charge in [-0.25, -0.2) is 17.2 Å². The molecule has 0 aliphatic carbocycles. The molecule has 1 unspecified atom stereocenters. The Morgan fingerprint density at radius 2 is 2.05 bits per heavy atom. The average molecular weight is 354 g/mol. The fourth-order valence-corrected chi connectivity index (χ4v) is 4.38. The van der Waals surface area contributed by atoms with Crippen LogP contribution < -0.4 is 0 Å². The zero-order valence-corrected chi connectivity index (χ0v) is 12.6. The highest BCUT2D eigenvalue weighted by molar-refractivity contribution is 9.09. The van der Waals surface area contributed by atoms with Crippen LogP contribution in [0, 0.1) is 17.6 Å². The smallest absolute Gasteiger partial charge is 0.207 e. The molecule has 3 nitrogen and oxygen atoms in total. The van der Waals surface area contributed by atoms with Crippen molar-refractivity contribution in [2.45, 2.75) is 17.7 Å². The molecule has 1 heterocycles. The highest BCUT2D eigenvalue weighted by Crippen LogP contribution is 2.27. The van der Waals surface area contributed by atoms with Gasteiger partial charge in [0.05, 0.1) is 4.90 Å². The van der Waals surface area contributed by atoms with Crippen molar-refractivity contribution < 1.29 is 17.2 Å². The van der Waals surface area contributed by atoms with E-state index in [-0.39, 0.29) is 4.90 Å². The first-order chi connectivity index (χ1) is 8.95. The summed E-state index contributed by atoms with van der Waals surface area (Å²) >= 11 is 3.33. The van der Waals surface area contributed by atoms with E-state index in [1.807, 2.05) is 0 Å². The molecule has 1 aliphatic heterocycles. The summed E-state index contributed by atoms with van der Waals surface area (Å²) in [6, 6.07) is 2.68. The molecule has 0 bridgehead atoms. The number of nitrogens with zero attached hydrogens (tertiary/aromatic N) is 1. The van der Waals surface area contributed by atoms with Crippen LogP contribution in [0.15, 0.2) is 23.1 Å². The molecular weight excluding hydrogens is 340 g/mol. The second-order valence-corrected chi connectivity index (χ2v) is 7.30. The molecule has 0 radical (unpaired) electrons. The van der Waals surface area contributed by atoms with Gasteiger partial charge in [0, 0.05) is 18.4 Å². The predicted octanol–water partition coefficient (Wildman–Crippen LogP) is 2.76. The lowest BCUT2D eigenvalue weighted by Crippen LogP contribution is -2.29. The van der Waals surface area contributed by atoms with Gasteiger partial charge in [-0.3, -0.25) is 0 Å². The Morgan fingerprint density at radius 1 is 1.32 bits per heavy atom. The van der Waals surface area contributed by atoms with Crippen molar-refractivity contribution in [2.24, 2.45) is 5.92 Å². The highest BCUT2D eigenvalue weighted by Gasteiger charge is 2.32. The molecule has 2 rings (SSSR count). The molecule has 0 spiro atoms. The Kier molecular flexibility index (Phi) is 4.58. The molecule has 7 heteroatoms. The summed E-state index contributed by atoms with van der Waals surface area (Å²) in [6.07, 6.45) is 1.71. The first-order valence-electron chi connectivity index (χ1n) is 5.96. The lowest BCUT2D eigenvalue weighted by Gasteiger charge is -2.16. The van der Waals surface area contributed by atoms with Gasteiger partial charge in [-0.15, -0.1) is 0 Å². The Bertz CT molecular complexity index is 565. The van der Waals surface area contributed by atoms with Gasteiger partial charge in [0.15, 0.2) is 11.6 Å². The Labute approximate surface area is 119 Å². The molecule has 19 heavy (non-hydrogen) atoms. The molecule has 0 amide bonds. The van der Waals surface area contributed by atoms with Gasteiger partial charge in [0.25, 0.3) is 0 Å². The molecule has 0 aromatic heterocycles. The van der Waals surface area contributed by atoms with E-state index >= 15 is 0 Å². The third kappa shape index (κ3) is 3.14. The molecule has 0 N–H and O–H groups in total. The van der Waals surface area contributed by atoms with E-state index in [9.17, 15) is 17.2 Å². The van der Waals surface area contributed by atoms with Crippen LogP contribution in [-0.4, -0.2) is 31.1 Å². The number of hydrogen-bond donors (Lipinski definition) is 0. The van der Waals surface area contributed by atoms with Crippen molar-refractivity contribution in [3.05, 3.63) is 29.8 Å². The summed E-state index contributed by atoms with van der Waals surface area (Å²) in [7, 11) is -3.72. The molecule has 1 saturated heterocycles. The second-order valence-electron chi connectivity index (χ2n) is 4.57. The van der Waals surface area contributed by atoms with Gasteiger partial charge < -0.3 is 0 Å². The van der Waals surface area contributed by atoms with Crippen LogP contribution in [0.25, 0.3) is 0 Å². The topological polar surface area (TPSA) is 37.4 Å². The van der Waals surface area contributed by atoms with Crippen LogP contribution >= 0.6 is 15.9 Å². The monoisotopic (exact) mass is 353 g/mol. The maximum Gasteiger partial charge on any atom is 0.243 e. The lowest BCUT2D eigenvalue weighted by atomic mass is 10.1. The van der Waals surface area contributed by atoms with E-state index in [0.29, 0.717) is 19.0 Å². The minimum Gasteiger partial charge on any atom is -0.207 e. The van der Waals surface area contributed by atoms with Gasteiger partial charge in [-0.1, -0.05) is 15.9 Å². The molecule has 106 valence electrons. The fourth-order valence-electron chi connectivity index (χ4n) is 2.19. The van der Waals surface area contributed by atoms with Crippen molar-refractivity contribution in [2.75, 3.05) is 18.4 Å². The predicted molar refractivity (Wildman–Crippen MR) is 71.6 cm³/mol. The Hall–Kier alpha value is -0.530. The Balaban J connectivity index is 2.21. The van der Waals surface area contributed by atoms with Crippen molar-refractivity contribution >= 4 is 26.0 Å². The van der Waals surface area contributed by atoms with Crippen LogP contribution in [0.2, 0.25) is 0 Å². The number of rotatable bonds is 4. The summed E-state index contributed by atoms with van der Waals surface area (Å²) in [5, 5.41) is 0.830. The summed E-state index contributed by atoms with van der Waals surface area (Å²) < 4.78 is 51.9. The molecular formula is C12H14BrF2NO2S. The summed E-state index contributed by atoms with van der Waals surface area (Å²) in [4.78, 5) is -0.189. The minimum absolute atomic E-state index is 0.189. The molecule has 1 aromatic rings. The number of halogens is 3. The summed E-state index contributed by atoms with van der Waals surface area (Å²) in [5.74, 6) is -1.87. The van der Waals surface area contributed by atoms with Crippen molar-refractivity contribution in [3.8, 4) is 0 Å². The van der Waals surface area contributed by atoms with E-state index in [1.165, 1.54) is 4.31 Å². The van der Waals surface area contributed by atoms with Gasteiger partial charge >= 0.3 is 0 Å². The number of benzene rings is 1. The van der Waals surface area contributed by atoms with Crippen LogP contribution in [-0.2, 0) is 10.0 Å². The van der Waals surface area contributed by atoms with Crippen molar-refractivity contribution in [1.29, 1.82) is 0 Å².